The molecular weight excluding hydrogens is 276 g/mol. The molecule has 2 aliphatic rings. The van der Waals surface area contributed by atoms with Crippen LogP contribution in [0.3, 0.4) is 0 Å². The molecule has 6 atom stereocenters. The van der Waals surface area contributed by atoms with Gasteiger partial charge in [-0.15, -0.1) is 0 Å². The highest BCUT2D eigenvalue weighted by Crippen LogP contribution is 2.68. The molecule has 0 saturated heterocycles. The molecule has 0 heteroatoms. The van der Waals surface area contributed by atoms with Crippen molar-refractivity contribution in [1.82, 2.24) is 0 Å². The summed E-state index contributed by atoms with van der Waals surface area (Å²) >= 11 is 0. The first-order valence-electron chi connectivity index (χ1n) is 11.1. The van der Waals surface area contributed by atoms with Crippen LogP contribution in [0.1, 0.15) is 112 Å². The van der Waals surface area contributed by atoms with Crippen LogP contribution in [0, 0.1) is 35.0 Å². The Hall–Kier alpha value is 0. The molecule has 0 heterocycles. The van der Waals surface area contributed by atoms with Gasteiger partial charge in [-0.2, -0.15) is 0 Å². The fourth-order valence-corrected chi connectivity index (χ4v) is 5.70. The van der Waals surface area contributed by atoms with E-state index in [4.69, 9.17) is 0 Å². The van der Waals surface area contributed by atoms with Crippen LogP contribution in [-0.2, 0) is 0 Å². The highest BCUT2D eigenvalue weighted by Gasteiger charge is 2.61. The van der Waals surface area contributed by atoms with Gasteiger partial charge in [0.2, 0.25) is 0 Å². The highest BCUT2D eigenvalue weighted by molar-refractivity contribution is 5.10. The standard InChI is InChI=1S/C23H44/c1-6-9-11-12-13-16-21-20(15-10-7-2)22(21)18(4)23(5)17-19(23)14-8-3/h18-22H,6-17H2,1-5H3. The van der Waals surface area contributed by atoms with Gasteiger partial charge < -0.3 is 0 Å². The molecule has 23 heavy (non-hydrogen) atoms. The summed E-state index contributed by atoms with van der Waals surface area (Å²) in [6.07, 6.45) is 17.6. The van der Waals surface area contributed by atoms with Crippen LogP contribution in [0.4, 0.5) is 0 Å². The summed E-state index contributed by atoms with van der Waals surface area (Å²) < 4.78 is 0. The van der Waals surface area contributed by atoms with Crippen molar-refractivity contribution in [1.29, 1.82) is 0 Å². The second-order valence-electron chi connectivity index (χ2n) is 9.23. The minimum Gasteiger partial charge on any atom is -0.0654 e. The maximum atomic E-state index is 2.62. The Balaban J connectivity index is 1.80. The number of unbranched alkanes of at least 4 members (excludes halogenated alkanes) is 5. The van der Waals surface area contributed by atoms with Crippen LogP contribution >= 0.6 is 0 Å². The number of hydrogen-bond donors (Lipinski definition) is 0. The van der Waals surface area contributed by atoms with Crippen LogP contribution < -0.4 is 0 Å². The van der Waals surface area contributed by atoms with Crippen molar-refractivity contribution in [2.45, 2.75) is 112 Å². The van der Waals surface area contributed by atoms with Crippen molar-refractivity contribution in [3.63, 3.8) is 0 Å². The van der Waals surface area contributed by atoms with Crippen molar-refractivity contribution < 1.29 is 0 Å². The van der Waals surface area contributed by atoms with Gasteiger partial charge in [0.1, 0.15) is 0 Å². The number of rotatable bonds is 13. The van der Waals surface area contributed by atoms with Crippen molar-refractivity contribution in [2.24, 2.45) is 35.0 Å². The molecule has 0 aromatic heterocycles. The zero-order valence-electron chi connectivity index (χ0n) is 16.9. The summed E-state index contributed by atoms with van der Waals surface area (Å²) in [5, 5.41) is 0. The third kappa shape index (κ3) is 4.76. The van der Waals surface area contributed by atoms with E-state index in [1.807, 2.05) is 0 Å². The second kappa shape index (κ2) is 8.91. The molecule has 2 saturated carbocycles. The molecule has 136 valence electrons. The molecule has 0 bridgehead atoms. The summed E-state index contributed by atoms with van der Waals surface area (Å²) in [5.41, 5.74) is 0.710. The van der Waals surface area contributed by atoms with E-state index in [1.165, 1.54) is 70.6 Å². The molecule has 2 fully saturated rings. The van der Waals surface area contributed by atoms with Gasteiger partial charge in [0, 0.05) is 0 Å². The lowest BCUT2D eigenvalue weighted by Crippen LogP contribution is -2.15. The molecule has 0 aliphatic heterocycles. The van der Waals surface area contributed by atoms with Gasteiger partial charge in [-0.1, -0.05) is 92.4 Å². The minimum atomic E-state index is 0.710. The van der Waals surface area contributed by atoms with Crippen LogP contribution in [0.25, 0.3) is 0 Å². The lowest BCUT2D eigenvalue weighted by Gasteiger charge is -2.22. The number of hydrogen-bond acceptors (Lipinski definition) is 0. The molecule has 2 aliphatic carbocycles. The Kier molecular flexibility index (Phi) is 7.49. The molecule has 0 nitrogen and oxygen atoms in total. The summed E-state index contributed by atoms with van der Waals surface area (Å²) in [6, 6.07) is 0. The summed E-state index contributed by atoms with van der Waals surface area (Å²) in [7, 11) is 0. The van der Waals surface area contributed by atoms with Crippen molar-refractivity contribution in [3.05, 3.63) is 0 Å². The largest absolute Gasteiger partial charge is 0.0654 e. The zero-order chi connectivity index (χ0) is 16.9. The maximum Gasteiger partial charge on any atom is -0.0266 e. The Morgan fingerprint density at radius 3 is 2.00 bits per heavy atom. The van der Waals surface area contributed by atoms with E-state index >= 15 is 0 Å². The zero-order valence-corrected chi connectivity index (χ0v) is 16.9. The Morgan fingerprint density at radius 2 is 1.39 bits per heavy atom. The summed E-state index contributed by atoms with van der Waals surface area (Å²) in [5.74, 6) is 5.31. The minimum absolute atomic E-state index is 0.710. The average Bonchev–Trinajstić information content (AvgIpc) is 3.41. The van der Waals surface area contributed by atoms with E-state index in [2.05, 4.69) is 34.6 Å². The Morgan fingerprint density at radius 1 is 0.783 bits per heavy atom. The fourth-order valence-electron chi connectivity index (χ4n) is 5.70. The lowest BCUT2D eigenvalue weighted by molar-refractivity contribution is 0.267. The predicted molar refractivity (Wildman–Crippen MR) is 104 cm³/mol. The van der Waals surface area contributed by atoms with Gasteiger partial charge in [0.05, 0.1) is 0 Å². The second-order valence-corrected chi connectivity index (χ2v) is 9.23. The molecule has 0 N–H and O–H groups in total. The summed E-state index contributed by atoms with van der Waals surface area (Å²) in [6.45, 7) is 12.3. The monoisotopic (exact) mass is 320 g/mol. The average molecular weight is 321 g/mol. The van der Waals surface area contributed by atoms with Gasteiger partial charge in [0.25, 0.3) is 0 Å². The van der Waals surface area contributed by atoms with Crippen LogP contribution in [0.2, 0.25) is 0 Å². The normalized spacial score (nSPS) is 36.9. The van der Waals surface area contributed by atoms with Gasteiger partial charge in [0.15, 0.2) is 0 Å². The van der Waals surface area contributed by atoms with Crippen molar-refractivity contribution in [3.8, 4) is 0 Å². The molecule has 0 spiro atoms. The maximum absolute atomic E-state index is 2.62. The highest BCUT2D eigenvalue weighted by atomic mass is 14.7. The van der Waals surface area contributed by atoms with E-state index < -0.39 is 0 Å². The quantitative estimate of drug-likeness (QED) is 0.303. The first-order valence-corrected chi connectivity index (χ1v) is 11.1. The smallest absolute Gasteiger partial charge is 0.0266 e. The molecule has 0 aromatic carbocycles. The Bertz CT molecular complexity index is 333. The molecular formula is C23H44. The van der Waals surface area contributed by atoms with Crippen molar-refractivity contribution in [2.75, 3.05) is 0 Å². The topological polar surface area (TPSA) is 0 Å². The van der Waals surface area contributed by atoms with E-state index in [9.17, 15) is 0 Å². The van der Waals surface area contributed by atoms with Gasteiger partial charge in [-0.05, 0) is 54.3 Å². The lowest BCUT2D eigenvalue weighted by atomic mass is 9.83. The molecule has 0 amide bonds. The molecule has 0 aromatic rings. The molecule has 0 radical (unpaired) electrons. The Labute approximate surface area is 147 Å². The predicted octanol–water partition coefficient (Wildman–Crippen LogP) is 7.86. The van der Waals surface area contributed by atoms with E-state index in [0.717, 1.165) is 29.6 Å². The van der Waals surface area contributed by atoms with E-state index in [-0.39, 0.29) is 0 Å². The van der Waals surface area contributed by atoms with Crippen LogP contribution in [0.5, 0.6) is 0 Å². The van der Waals surface area contributed by atoms with Crippen molar-refractivity contribution >= 4 is 0 Å². The summed E-state index contributed by atoms with van der Waals surface area (Å²) in [4.78, 5) is 0. The van der Waals surface area contributed by atoms with Gasteiger partial charge >= 0.3 is 0 Å². The third-order valence-corrected chi connectivity index (χ3v) is 7.64. The van der Waals surface area contributed by atoms with Gasteiger partial charge in [-0.3, -0.25) is 0 Å². The van der Waals surface area contributed by atoms with Crippen LogP contribution in [0.15, 0.2) is 0 Å². The van der Waals surface area contributed by atoms with E-state index in [1.54, 1.807) is 6.42 Å². The third-order valence-electron chi connectivity index (χ3n) is 7.64. The molecule has 2 rings (SSSR count). The van der Waals surface area contributed by atoms with Crippen LogP contribution in [-0.4, -0.2) is 0 Å². The SMILES string of the molecule is CCCCCCCC1C(CCCC)C1C(C)C1(C)CC1CCC. The fraction of sp³-hybridized carbons (Fsp3) is 1.00. The van der Waals surface area contributed by atoms with E-state index in [0.29, 0.717) is 5.41 Å². The first-order chi connectivity index (χ1) is 11.1. The first kappa shape index (κ1) is 19.3. The van der Waals surface area contributed by atoms with Gasteiger partial charge in [-0.25, -0.2) is 0 Å². The molecule has 6 unspecified atom stereocenters.